The van der Waals surface area contributed by atoms with Crippen LogP contribution in [0, 0.1) is 0 Å². The molecule has 1 N–H and O–H groups in total. The number of nitrogens with zero attached hydrogens (tertiary/aromatic N) is 2. The Morgan fingerprint density at radius 1 is 1.33 bits per heavy atom. The highest BCUT2D eigenvalue weighted by Gasteiger charge is 2.10. The number of hydrogen-bond acceptors (Lipinski definition) is 5. The summed E-state index contributed by atoms with van der Waals surface area (Å²) in [5.74, 6) is 0. The Balaban J connectivity index is 2.15. The predicted octanol–water partition coefficient (Wildman–Crippen LogP) is 1.99. The third-order valence-electron chi connectivity index (χ3n) is 2.55. The Bertz CT molecular complexity index is 461. The molecule has 5 heteroatoms. The van der Waals surface area contributed by atoms with Crippen molar-refractivity contribution in [3.63, 3.8) is 0 Å². The van der Waals surface area contributed by atoms with E-state index in [0.717, 1.165) is 23.7 Å². The first-order valence-corrected chi connectivity index (χ1v) is 6.65. The molecule has 0 unspecified atom stereocenters. The molecule has 2 rings (SSSR count). The lowest BCUT2D eigenvalue weighted by molar-refractivity contribution is 0.181. The molecule has 0 fully saturated rings. The van der Waals surface area contributed by atoms with Gasteiger partial charge >= 0.3 is 0 Å². The lowest BCUT2D eigenvalue weighted by Gasteiger charge is -1.98. The van der Waals surface area contributed by atoms with Crippen molar-refractivity contribution in [2.45, 2.75) is 19.6 Å². The van der Waals surface area contributed by atoms with Crippen LogP contribution in [0.25, 0.3) is 0 Å². The van der Waals surface area contributed by atoms with Crippen LogP contribution in [-0.2, 0) is 24.3 Å². The van der Waals surface area contributed by atoms with Crippen molar-refractivity contribution in [2.75, 3.05) is 14.2 Å². The number of nitrogens with one attached hydrogen (secondary N) is 1. The minimum absolute atomic E-state index is 0.573. The Hall–Kier alpha value is -1.30. The van der Waals surface area contributed by atoms with Gasteiger partial charge in [0.25, 0.3) is 0 Å². The van der Waals surface area contributed by atoms with E-state index in [2.05, 4.69) is 15.3 Å². The van der Waals surface area contributed by atoms with Crippen molar-refractivity contribution in [3.05, 3.63) is 45.7 Å². The van der Waals surface area contributed by atoms with E-state index in [4.69, 9.17) is 4.74 Å². The summed E-state index contributed by atoms with van der Waals surface area (Å²) >= 11 is 1.74. The molecule has 18 heavy (non-hydrogen) atoms. The smallest absolute Gasteiger partial charge is 0.0976 e. The number of methoxy groups -OCH3 is 1. The molecule has 0 aliphatic carbocycles. The fraction of sp³-hybridized carbons (Fsp3) is 0.385. The molecule has 2 heterocycles. The van der Waals surface area contributed by atoms with Crippen LogP contribution >= 0.6 is 11.3 Å². The molecule has 2 aromatic rings. The number of hydrogen-bond donors (Lipinski definition) is 1. The van der Waals surface area contributed by atoms with Gasteiger partial charge < -0.3 is 10.1 Å². The molecule has 0 amide bonds. The topological polar surface area (TPSA) is 47.0 Å². The first kappa shape index (κ1) is 13.1. The van der Waals surface area contributed by atoms with E-state index < -0.39 is 0 Å². The zero-order valence-corrected chi connectivity index (χ0v) is 11.5. The average Bonchev–Trinajstić information content (AvgIpc) is 2.74. The van der Waals surface area contributed by atoms with Gasteiger partial charge in [0.2, 0.25) is 0 Å². The van der Waals surface area contributed by atoms with Crippen molar-refractivity contribution >= 4 is 11.3 Å². The fourth-order valence-corrected chi connectivity index (χ4v) is 2.85. The van der Waals surface area contributed by atoms with Crippen LogP contribution in [0.2, 0.25) is 0 Å². The van der Waals surface area contributed by atoms with Gasteiger partial charge in [-0.15, -0.1) is 11.3 Å². The van der Waals surface area contributed by atoms with Crippen molar-refractivity contribution in [1.29, 1.82) is 0 Å². The summed E-state index contributed by atoms with van der Waals surface area (Å²) in [5.41, 5.74) is 2.28. The molecule has 0 spiro atoms. The van der Waals surface area contributed by atoms with Gasteiger partial charge in [-0.25, -0.2) is 4.98 Å². The number of ether oxygens (including phenoxy) is 1. The van der Waals surface area contributed by atoms with E-state index in [9.17, 15) is 0 Å². The van der Waals surface area contributed by atoms with Gasteiger partial charge in [-0.3, -0.25) is 4.98 Å². The Kier molecular flexibility index (Phi) is 4.81. The molecule has 0 saturated heterocycles. The van der Waals surface area contributed by atoms with Crippen LogP contribution in [0.5, 0.6) is 0 Å². The molecular weight excluding hydrogens is 246 g/mol. The van der Waals surface area contributed by atoms with Crippen molar-refractivity contribution < 1.29 is 4.74 Å². The maximum Gasteiger partial charge on any atom is 0.0976 e. The highest BCUT2D eigenvalue weighted by Crippen LogP contribution is 2.21. The highest BCUT2D eigenvalue weighted by molar-refractivity contribution is 7.11. The number of rotatable bonds is 6. The second-order valence-electron chi connectivity index (χ2n) is 3.97. The SMILES string of the molecule is CNCc1sc(Cc2ccncc2)nc1COC. The van der Waals surface area contributed by atoms with E-state index in [0.29, 0.717) is 6.61 Å². The van der Waals surface area contributed by atoms with E-state index in [1.165, 1.54) is 10.4 Å². The quantitative estimate of drug-likeness (QED) is 0.866. The standard InChI is InChI=1S/C13H17N3OS/c1-14-8-12-11(9-17-2)16-13(18-12)7-10-3-5-15-6-4-10/h3-6,14H,7-9H2,1-2H3. The summed E-state index contributed by atoms with van der Waals surface area (Å²) in [6.45, 7) is 1.41. The first-order valence-electron chi connectivity index (χ1n) is 5.83. The van der Waals surface area contributed by atoms with Crippen LogP contribution < -0.4 is 5.32 Å². The maximum absolute atomic E-state index is 5.18. The molecule has 0 saturated carbocycles. The van der Waals surface area contributed by atoms with Crippen LogP contribution in [0.4, 0.5) is 0 Å². The van der Waals surface area contributed by atoms with Crippen molar-refractivity contribution in [3.8, 4) is 0 Å². The third kappa shape index (κ3) is 3.35. The Morgan fingerprint density at radius 2 is 2.11 bits per heavy atom. The molecule has 96 valence electrons. The zero-order valence-electron chi connectivity index (χ0n) is 10.6. The summed E-state index contributed by atoms with van der Waals surface area (Å²) < 4.78 is 5.18. The maximum atomic E-state index is 5.18. The number of pyridine rings is 1. The Labute approximate surface area is 111 Å². The largest absolute Gasteiger partial charge is 0.378 e. The summed E-state index contributed by atoms with van der Waals surface area (Å²) in [5, 5.41) is 4.29. The van der Waals surface area contributed by atoms with E-state index in [1.54, 1.807) is 18.4 Å². The summed E-state index contributed by atoms with van der Waals surface area (Å²) in [6.07, 6.45) is 4.48. The molecular formula is C13H17N3OS. The van der Waals surface area contributed by atoms with Gasteiger partial charge in [0, 0.05) is 37.3 Å². The van der Waals surface area contributed by atoms with Crippen LogP contribution in [0.1, 0.15) is 21.1 Å². The molecule has 0 atom stereocenters. The van der Waals surface area contributed by atoms with Gasteiger partial charge in [-0.2, -0.15) is 0 Å². The highest BCUT2D eigenvalue weighted by atomic mass is 32.1. The van der Waals surface area contributed by atoms with Gasteiger partial charge in [-0.1, -0.05) is 0 Å². The molecule has 0 aliphatic rings. The zero-order chi connectivity index (χ0) is 12.8. The summed E-state index contributed by atoms with van der Waals surface area (Å²) in [6, 6.07) is 4.05. The number of aromatic nitrogens is 2. The second-order valence-corrected chi connectivity index (χ2v) is 5.14. The Morgan fingerprint density at radius 3 is 2.78 bits per heavy atom. The molecule has 2 aromatic heterocycles. The molecule has 0 bridgehead atoms. The second kappa shape index (κ2) is 6.58. The van der Waals surface area contributed by atoms with E-state index >= 15 is 0 Å². The van der Waals surface area contributed by atoms with Crippen molar-refractivity contribution in [1.82, 2.24) is 15.3 Å². The third-order valence-corrected chi connectivity index (χ3v) is 3.64. The molecule has 0 radical (unpaired) electrons. The normalized spacial score (nSPS) is 10.8. The van der Waals surface area contributed by atoms with Gasteiger partial charge in [-0.05, 0) is 24.7 Å². The number of thiazole rings is 1. The lowest BCUT2D eigenvalue weighted by atomic mass is 10.2. The van der Waals surface area contributed by atoms with Gasteiger partial charge in [0.1, 0.15) is 0 Å². The minimum atomic E-state index is 0.573. The van der Waals surface area contributed by atoms with Crippen LogP contribution in [-0.4, -0.2) is 24.1 Å². The summed E-state index contributed by atoms with van der Waals surface area (Å²) in [4.78, 5) is 9.92. The minimum Gasteiger partial charge on any atom is -0.378 e. The van der Waals surface area contributed by atoms with Crippen molar-refractivity contribution in [2.24, 2.45) is 0 Å². The molecule has 4 nitrogen and oxygen atoms in total. The average molecular weight is 263 g/mol. The molecule has 0 aliphatic heterocycles. The predicted molar refractivity (Wildman–Crippen MR) is 72.6 cm³/mol. The van der Waals surface area contributed by atoms with Crippen LogP contribution in [0.15, 0.2) is 24.5 Å². The van der Waals surface area contributed by atoms with E-state index in [-0.39, 0.29) is 0 Å². The monoisotopic (exact) mass is 263 g/mol. The lowest BCUT2D eigenvalue weighted by Crippen LogP contribution is -2.06. The van der Waals surface area contributed by atoms with E-state index in [1.807, 2.05) is 31.6 Å². The van der Waals surface area contributed by atoms with Crippen LogP contribution in [0.3, 0.4) is 0 Å². The molecule has 0 aromatic carbocycles. The van der Waals surface area contributed by atoms with Gasteiger partial charge in [0.15, 0.2) is 0 Å². The van der Waals surface area contributed by atoms with Gasteiger partial charge in [0.05, 0.1) is 17.3 Å². The fourth-order valence-electron chi connectivity index (χ4n) is 1.74. The first-order chi connectivity index (χ1) is 8.83. The summed E-state index contributed by atoms with van der Waals surface area (Å²) in [7, 11) is 3.64.